The van der Waals surface area contributed by atoms with Crippen molar-refractivity contribution in [2.24, 2.45) is 5.10 Å². The van der Waals surface area contributed by atoms with Crippen molar-refractivity contribution < 1.29 is 44.6 Å². The molecule has 2 aromatic rings. The van der Waals surface area contributed by atoms with Gasteiger partial charge in [0.1, 0.15) is 0 Å². The average Bonchev–Trinajstić information content (AvgIpc) is 3.35. The van der Waals surface area contributed by atoms with E-state index in [4.69, 9.17) is 0 Å². The van der Waals surface area contributed by atoms with Crippen molar-refractivity contribution in [1.82, 2.24) is 25.9 Å². The highest BCUT2D eigenvalue weighted by molar-refractivity contribution is 5.80. The van der Waals surface area contributed by atoms with Crippen LogP contribution in [0, 0.1) is 0 Å². The van der Waals surface area contributed by atoms with Gasteiger partial charge in [-0.1, -0.05) is 13.0 Å². The first-order valence-electron chi connectivity index (χ1n) is 13.4. The summed E-state index contributed by atoms with van der Waals surface area (Å²) in [6.45, 7) is 1.98. The Morgan fingerprint density at radius 1 is 0.884 bits per heavy atom. The summed E-state index contributed by atoms with van der Waals surface area (Å²) in [4.78, 5) is 3.32. The van der Waals surface area contributed by atoms with Crippen LogP contribution in [0.25, 0.3) is 0 Å². The minimum Gasteiger partial charge on any atom is -0.393 e. The Hall–Kier alpha value is -3.24. The zero-order valence-electron chi connectivity index (χ0n) is 23.2. The van der Waals surface area contributed by atoms with Crippen LogP contribution >= 0.6 is 0 Å². The molecule has 1 saturated heterocycles. The number of piperidine rings is 1. The third-order valence-corrected chi connectivity index (χ3v) is 7.41. The van der Waals surface area contributed by atoms with E-state index in [1.165, 1.54) is 23.1 Å². The van der Waals surface area contributed by atoms with E-state index in [0.29, 0.717) is 50.0 Å². The number of alkyl halides is 9. The maximum absolute atomic E-state index is 13.8. The normalized spacial score (nSPS) is 18.3. The summed E-state index contributed by atoms with van der Waals surface area (Å²) in [6.07, 6.45) is -13.9. The number of nitrogens with one attached hydrogen (secondary N) is 2. The predicted octanol–water partition coefficient (Wildman–Crippen LogP) is 5.88. The van der Waals surface area contributed by atoms with Crippen LogP contribution in [0.1, 0.15) is 65.6 Å². The Morgan fingerprint density at radius 2 is 1.47 bits per heavy atom. The first-order chi connectivity index (χ1) is 20.0. The second kappa shape index (κ2) is 12.4. The summed E-state index contributed by atoms with van der Waals surface area (Å²) >= 11 is 0. The standard InChI is InChI=1S/C27H31F9N6O/c1-3-23(41-8-6-21(43)7-9-41)22-5-4-18(25(28,29)30)12-17(22)15-42(24-37-39-40(2)38-24)14-16-10-19(26(31,32)33)13-20(11-16)27(34,35)36/h4-5,10-13,21,23,39,43H,3,6-9,14-15H2,1-2H3,(H,37,38). The molecule has 0 amide bonds. The summed E-state index contributed by atoms with van der Waals surface area (Å²) in [5, 5.41) is 15.2. The largest absolute Gasteiger partial charge is 0.416 e. The van der Waals surface area contributed by atoms with Crippen LogP contribution in [0.5, 0.6) is 0 Å². The van der Waals surface area contributed by atoms with Crippen molar-refractivity contribution in [3.8, 4) is 0 Å². The van der Waals surface area contributed by atoms with Gasteiger partial charge >= 0.3 is 18.5 Å². The molecule has 16 heteroatoms. The van der Waals surface area contributed by atoms with Gasteiger partial charge in [-0.3, -0.25) is 10.3 Å². The van der Waals surface area contributed by atoms with Crippen LogP contribution in [0.15, 0.2) is 41.5 Å². The first kappa shape index (κ1) is 32.7. The van der Waals surface area contributed by atoms with Crippen molar-refractivity contribution in [1.29, 1.82) is 0 Å². The number of halogens is 9. The number of aliphatic hydroxyl groups excluding tert-OH is 1. The van der Waals surface area contributed by atoms with Crippen LogP contribution in [0.4, 0.5) is 39.5 Å². The fourth-order valence-corrected chi connectivity index (χ4v) is 5.32. The van der Waals surface area contributed by atoms with E-state index in [1.807, 2.05) is 11.8 Å². The Labute approximate surface area is 241 Å². The smallest absolute Gasteiger partial charge is 0.393 e. The third-order valence-electron chi connectivity index (χ3n) is 7.41. The van der Waals surface area contributed by atoms with Crippen LogP contribution in [0.3, 0.4) is 0 Å². The lowest BCUT2D eigenvalue weighted by molar-refractivity contribution is -0.143. The number of likely N-dealkylation sites (tertiary alicyclic amines) is 1. The van der Waals surface area contributed by atoms with Gasteiger partial charge in [0.05, 0.1) is 22.8 Å². The first-order valence-corrected chi connectivity index (χ1v) is 13.4. The maximum atomic E-state index is 13.8. The molecule has 0 aliphatic carbocycles. The van der Waals surface area contributed by atoms with E-state index in [2.05, 4.69) is 16.1 Å². The molecule has 7 nitrogen and oxygen atoms in total. The summed E-state index contributed by atoms with van der Waals surface area (Å²) in [5.41, 5.74) is 1.65. The van der Waals surface area contributed by atoms with Crippen molar-refractivity contribution in [2.45, 2.75) is 70.0 Å². The molecule has 1 unspecified atom stereocenters. The summed E-state index contributed by atoms with van der Waals surface area (Å²) in [6, 6.07) is 4.08. The monoisotopic (exact) mass is 626 g/mol. The predicted molar refractivity (Wildman–Crippen MR) is 138 cm³/mol. The Kier molecular flexibility index (Phi) is 9.42. The van der Waals surface area contributed by atoms with Crippen molar-refractivity contribution in [3.63, 3.8) is 0 Å². The van der Waals surface area contributed by atoms with Gasteiger partial charge in [0.15, 0.2) is 0 Å². The molecule has 2 heterocycles. The van der Waals surface area contributed by atoms with Gasteiger partial charge < -0.3 is 10.0 Å². The van der Waals surface area contributed by atoms with E-state index >= 15 is 0 Å². The van der Waals surface area contributed by atoms with Crippen LogP contribution in [-0.2, 0) is 31.6 Å². The van der Waals surface area contributed by atoms with Crippen molar-refractivity contribution in [2.75, 3.05) is 20.1 Å². The molecule has 2 aromatic carbocycles. The molecule has 2 aliphatic rings. The molecule has 2 aliphatic heterocycles. The molecule has 238 valence electrons. The highest BCUT2D eigenvalue weighted by atomic mass is 19.4. The van der Waals surface area contributed by atoms with Gasteiger partial charge in [0.2, 0.25) is 5.96 Å². The SMILES string of the molecule is CCC(c1ccc(C(F)(F)F)cc1CN(Cc1cc(C(F)(F)F)cc(C(F)(F)F)c1)C1=NNN(C)N1)N1CCC(O)CC1. The highest BCUT2D eigenvalue weighted by Crippen LogP contribution is 2.38. The number of rotatable bonds is 7. The second-order valence-corrected chi connectivity index (χ2v) is 10.6. The number of hydrazine groups is 2. The van der Waals surface area contributed by atoms with E-state index in [1.54, 1.807) is 0 Å². The molecule has 0 bridgehead atoms. The van der Waals surface area contributed by atoms with Crippen LogP contribution in [-0.4, -0.2) is 52.2 Å². The highest BCUT2D eigenvalue weighted by Gasteiger charge is 2.38. The van der Waals surface area contributed by atoms with E-state index in [0.717, 1.165) is 12.1 Å². The Balaban J connectivity index is 1.78. The number of aliphatic hydroxyl groups is 1. The number of hydrogen-bond donors (Lipinski definition) is 3. The lowest BCUT2D eigenvalue weighted by Gasteiger charge is -2.37. The fourth-order valence-electron chi connectivity index (χ4n) is 5.32. The summed E-state index contributed by atoms with van der Waals surface area (Å²) in [5.74, 6) is -0.0222. The van der Waals surface area contributed by atoms with E-state index < -0.39 is 47.9 Å². The molecule has 0 radical (unpaired) electrons. The minimum absolute atomic E-state index is 0.0147. The summed E-state index contributed by atoms with van der Waals surface area (Å²) < 4.78 is 123. The molecule has 0 spiro atoms. The lowest BCUT2D eigenvalue weighted by atomic mass is 9.92. The molecule has 1 fully saturated rings. The fraction of sp³-hybridized carbons (Fsp3) is 0.519. The molecule has 3 N–H and O–H groups in total. The topological polar surface area (TPSA) is 66.4 Å². The summed E-state index contributed by atoms with van der Waals surface area (Å²) in [7, 11) is 1.49. The Morgan fingerprint density at radius 3 is 1.95 bits per heavy atom. The third kappa shape index (κ3) is 8.03. The van der Waals surface area contributed by atoms with Gasteiger partial charge in [0, 0.05) is 39.3 Å². The number of hydrazone groups is 1. The molecule has 1 atom stereocenters. The van der Waals surface area contributed by atoms with E-state index in [-0.39, 0.29) is 35.7 Å². The Bertz CT molecular complexity index is 1270. The van der Waals surface area contributed by atoms with Crippen molar-refractivity contribution >= 4 is 5.96 Å². The maximum Gasteiger partial charge on any atom is 0.416 e. The van der Waals surface area contributed by atoms with Crippen molar-refractivity contribution in [3.05, 3.63) is 69.8 Å². The van der Waals surface area contributed by atoms with Gasteiger partial charge in [-0.15, -0.1) is 10.2 Å². The van der Waals surface area contributed by atoms with Gasteiger partial charge in [0.25, 0.3) is 0 Å². The quantitative estimate of drug-likeness (QED) is 0.334. The van der Waals surface area contributed by atoms with Gasteiger partial charge in [-0.2, -0.15) is 39.5 Å². The molecule has 0 saturated carbocycles. The second-order valence-electron chi connectivity index (χ2n) is 10.6. The molecular weight excluding hydrogens is 595 g/mol. The van der Waals surface area contributed by atoms with E-state index in [9.17, 15) is 44.6 Å². The van der Waals surface area contributed by atoms with Gasteiger partial charge in [-0.25, -0.2) is 5.53 Å². The molecular formula is C27H31F9N6O. The molecule has 43 heavy (non-hydrogen) atoms. The number of benzene rings is 2. The number of hydrogen-bond acceptors (Lipinski definition) is 7. The van der Waals surface area contributed by atoms with Crippen LogP contribution in [0.2, 0.25) is 0 Å². The van der Waals surface area contributed by atoms with Gasteiger partial charge in [-0.05, 0) is 66.3 Å². The number of guanidine groups is 1. The number of nitrogens with zero attached hydrogens (tertiary/aromatic N) is 4. The average molecular weight is 627 g/mol. The van der Waals surface area contributed by atoms with Crippen LogP contribution < -0.4 is 11.0 Å². The zero-order chi connectivity index (χ0) is 31.7. The molecule has 0 aromatic heterocycles. The minimum atomic E-state index is -5.07. The lowest BCUT2D eigenvalue weighted by Crippen LogP contribution is -2.44. The zero-order valence-corrected chi connectivity index (χ0v) is 23.2. The molecule has 4 rings (SSSR count).